The molecule has 3 nitrogen and oxygen atoms in total. The van der Waals surface area contributed by atoms with Crippen LogP contribution in [0.4, 0.5) is 5.13 Å². The molecule has 14 heavy (non-hydrogen) atoms. The maximum Gasteiger partial charge on any atom is 0.206 e. The molecule has 74 valence electrons. The summed E-state index contributed by atoms with van der Waals surface area (Å²) in [6.45, 7) is 4.08. The Bertz CT molecular complexity index is 394. The molecule has 2 heterocycles. The number of hydrogen-bond acceptors (Lipinski definition) is 5. The monoisotopic (exact) mass is 225 g/mol. The molecule has 0 aromatic carbocycles. The quantitative estimate of drug-likeness (QED) is 0.872. The van der Waals surface area contributed by atoms with Crippen LogP contribution in [0.1, 0.15) is 23.5 Å². The molecular formula is C9H11N3S2. The van der Waals surface area contributed by atoms with Gasteiger partial charge >= 0.3 is 0 Å². The number of aromatic nitrogens is 2. The Morgan fingerprint density at radius 1 is 1.43 bits per heavy atom. The molecule has 0 saturated carbocycles. The molecule has 0 radical (unpaired) electrons. The van der Waals surface area contributed by atoms with E-state index in [2.05, 4.69) is 39.3 Å². The lowest BCUT2D eigenvalue weighted by Crippen LogP contribution is -2.04. The molecule has 1 N–H and O–H groups in total. The molecule has 1 unspecified atom stereocenters. The summed E-state index contributed by atoms with van der Waals surface area (Å²) >= 11 is 3.29. The summed E-state index contributed by atoms with van der Waals surface area (Å²) in [6.07, 6.45) is 0. The maximum absolute atomic E-state index is 4.03. The smallest absolute Gasteiger partial charge is 0.206 e. The van der Waals surface area contributed by atoms with Crippen molar-refractivity contribution in [2.75, 3.05) is 5.32 Å². The molecule has 0 bridgehead atoms. The Morgan fingerprint density at radius 3 is 2.86 bits per heavy atom. The minimum Gasteiger partial charge on any atom is -0.354 e. The largest absolute Gasteiger partial charge is 0.354 e. The standard InChI is InChI=1S/C9H11N3S2/c1-6(8-3-4-13-5-8)10-9-12-11-7(2)14-9/h3-6H,1-2H3,(H,10,12). The molecule has 0 fully saturated rings. The normalized spacial score (nSPS) is 12.7. The highest BCUT2D eigenvalue weighted by atomic mass is 32.1. The first kappa shape index (κ1) is 9.61. The molecule has 2 aromatic rings. The molecule has 2 aromatic heterocycles. The second-order valence-corrected chi connectivity index (χ2v) is 5.01. The van der Waals surface area contributed by atoms with E-state index in [0.29, 0.717) is 6.04 Å². The van der Waals surface area contributed by atoms with Gasteiger partial charge in [-0.25, -0.2) is 0 Å². The fraction of sp³-hybridized carbons (Fsp3) is 0.333. The number of nitrogens with one attached hydrogen (secondary N) is 1. The van der Waals surface area contributed by atoms with E-state index in [-0.39, 0.29) is 0 Å². The average Bonchev–Trinajstić information content (AvgIpc) is 2.75. The number of anilines is 1. The van der Waals surface area contributed by atoms with Gasteiger partial charge in [-0.3, -0.25) is 0 Å². The van der Waals surface area contributed by atoms with Gasteiger partial charge in [-0.1, -0.05) is 11.3 Å². The molecule has 0 aliphatic rings. The predicted octanol–water partition coefficient (Wildman–Crippen LogP) is 3.08. The lowest BCUT2D eigenvalue weighted by molar-refractivity contribution is 0.877. The molecule has 2 rings (SSSR count). The van der Waals surface area contributed by atoms with Crippen LogP contribution >= 0.6 is 22.7 Å². The summed E-state index contributed by atoms with van der Waals surface area (Å²) in [5.74, 6) is 0. The number of aryl methyl sites for hydroxylation is 1. The van der Waals surface area contributed by atoms with Crippen molar-refractivity contribution in [2.45, 2.75) is 19.9 Å². The van der Waals surface area contributed by atoms with Gasteiger partial charge in [0.05, 0.1) is 6.04 Å². The van der Waals surface area contributed by atoms with E-state index >= 15 is 0 Å². The van der Waals surface area contributed by atoms with E-state index < -0.39 is 0 Å². The number of hydrogen-bond donors (Lipinski definition) is 1. The number of rotatable bonds is 3. The predicted molar refractivity (Wildman–Crippen MR) is 61.0 cm³/mol. The third-order valence-corrected chi connectivity index (χ3v) is 3.38. The van der Waals surface area contributed by atoms with Crippen molar-refractivity contribution < 1.29 is 0 Å². The van der Waals surface area contributed by atoms with Gasteiger partial charge in [-0.15, -0.1) is 10.2 Å². The summed E-state index contributed by atoms with van der Waals surface area (Å²) in [6, 6.07) is 2.42. The Balaban J connectivity index is 2.05. The fourth-order valence-electron chi connectivity index (χ4n) is 1.14. The van der Waals surface area contributed by atoms with Gasteiger partial charge in [-0.05, 0) is 36.2 Å². The van der Waals surface area contributed by atoms with Gasteiger partial charge in [0, 0.05) is 0 Å². The highest BCUT2D eigenvalue weighted by Crippen LogP contribution is 2.22. The minimum absolute atomic E-state index is 0.300. The summed E-state index contributed by atoms with van der Waals surface area (Å²) in [7, 11) is 0. The average molecular weight is 225 g/mol. The number of nitrogens with zero attached hydrogens (tertiary/aromatic N) is 2. The van der Waals surface area contributed by atoms with Crippen molar-refractivity contribution in [3.05, 3.63) is 27.4 Å². The zero-order chi connectivity index (χ0) is 9.97. The van der Waals surface area contributed by atoms with Crippen LogP contribution in [0.3, 0.4) is 0 Å². The molecular weight excluding hydrogens is 214 g/mol. The Hall–Kier alpha value is -0.940. The molecule has 5 heteroatoms. The van der Waals surface area contributed by atoms with Crippen LogP contribution in [-0.2, 0) is 0 Å². The van der Waals surface area contributed by atoms with Gasteiger partial charge < -0.3 is 5.32 Å². The van der Waals surface area contributed by atoms with Crippen LogP contribution in [0.15, 0.2) is 16.8 Å². The lowest BCUT2D eigenvalue weighted by Gasteiger charge is -2.09. The first-order valence-corrected chi connectivity index (χ1v) is 6.10. The van der Waals surface area contributed by atoms with Crippen LogP contribution in [0.25, 0.3) is 0 Å². The van der Waals surface area contributed by atoms with Gasteiger partial charge in [0.25, 0.3) is 0 Å². The van der Waals surface area contributed by atoms with Crippen molar-refractivity contribution in [1.29, 1.82) is 0 Å². The topological polar surface area (TPSA) is 37.8 Å². The molecule has 0 saturated heterocycles. The molecule has 0 aliphatic carbocycles. The zero-order valence-electron chi connectivity index (χ0n) is 8.02. The van der Waals surface area contributed by atoms with Crippen LogP contribution in [0.2, 0.25) is 0 Å². The van der Waals surface area contributed by atoms with Crippen molar-refractivity contribution in [3.63, 3.8) is 0 Å². The van der Waals surface area contributed by atoms with E-state index in [0.717, 1.165) is 10.1 Å². The Kier molecular flexibility index (Phi) is 2.79. The Morgan fingerprint density at radius 2 is 2.29 bits per heavy atom. The first-order valence-electron chi connectivity index (χ1n) is 4.34. The summed E-state index contributed by atoms with van der Waals surface area (Å²) in [4.78, 5) is 0. The zero-order valence-corrected chi connectivity index (χ0v) is 9.65. The molecule has 0 spiro atoms. The van der Waals surface area contributed by atoms with Crippen LogP contribution in [0.5, 0.6) is 0 Å². The van der Waals surface area contributed by atoms with Crippen LogP contribution < -0.4 is 5.32 Å². The summed E-state index contributed by atoms with van der Waals surface area (Å²) in [5.41, 5.74) is 1.29. The maximum atomic E-state index is 4.03. The van der Waals surface area contributed by atoms with E-state index in [4.69, 9.17) is 0 Å². The van der Waals surface area contributed by atoms with Gasteiger partial charge in [0.2, 0.25) is 5.13 Å². The SMILES string of the molecule is Cc1nnc(NC(C)c2ccsc2)s1. The summed E-state index contributed by atoms with van der Waals surface area (Å²) in [5, 5.41) is 17.4. The van der Waals surface area contributed by atoms with Crippen molar-refractivity contribution in [1.82, 2.24) is 10.2 Å². The lowest BCUT2D eigenvalue weighted by atomic mass is 10.2. The van der Waals surface area contributed by atoms with E-state index in [9.17, 15) is 0 Å². The molecule has 0 amide bonds. The van der Waals surface area contributed by atoms with E-state index in [1.54, 1.807) is 22.7 Å². The van der Waals surface area contributed by atoms with E-state index in [1.807, 2.05) is 6.92 Å². The minimum atomic E-state index is 0.300. The Labute approximate surface area is 90.8 Å². The second kappa shape index (κ2) is 4.06. The summed E-state index contributed by atoms with van der Waals surface area (Å²) < 4.78 is 0. The van der Waals surface area contributed by atoms with Crippen molar-refractivity contribution in [3.8, 4) is 0 Å². The third-order valence-electron chi connectivity index (χ3n) is 1.91. The highest BCUT2D eigenvalue weighted by molar-refractivity contribution is 7.15. The highest BCUT2D eigenvalue weighted by Gasteiger charge is 2.07. The third kappa shape index (κ3) is 2.10. The van der Waals surface area contributed by atoms with E-state index in [1.165, 1.54) is 5.56 Å². The molecule has 1 atom stereocenters. The van der Waals surface area contributed by atoms with Crippen molar-refractivity contribution in [2.24, 2.45) is 0 Å². The second-order valence-electron chi connectivity index (χ2n) is 3.05. The van der Waals surface area contributed by atoms with Crippen LogP contribution in [0, 0.1) is 6.92 Å². The van der Waals surface area contributed by atoms with Gasteiger partial charge in [0.1, 0.15) is 5.01 Å². The van der Waals surface area contributed by atoms with Gasteiger partial charge in [0.15, 0.2) is 0 Å². The van der Waals surface area contributed by atoms with Gasteiger partial charge in [-0.2, -0.15) is 11.3 Å². The fourth-order valence-corrected chi connectivity index (χ4v) is 2.58. The first-order chi connectivity index (χ1) is 6.75. The van der Waals surface area contributed by atoms with Crippen molar-refractivity contribution >= 4 is 27.8 Å². The molecule has 0 aliphatic heterocycles. The van der Waals surface area contributed by atoms with Crippen LogP contribution in [-0.4, -0.2) is 10.2 Å². The number of thiophene rings is 1.